The van der Waals surface area contributed by atoms with Crippen LogP contribution < -0.4 is 20.3 Å². The molecule has 43 heavy (non-hydrogen) atoms. The molecule has 2 saturated heterocycles. The second kappa shape index (κ2) is 12.6. The van der Waals surface area contributed by atoms with Crippen LogP contribution in [0.1, 0.15) is 21.5 Å². The summed E-state index contributed by atoms with van der Waals surface area (Å²) in [5.74, 6) is 1.42. The van der Waals surface area contributed by atoms with Crippen LogP contribution in [0.5, 0.6) is 0 Å². The lowest BCUT2D eigenvalue weighted by atomic mass is 10.1. The van der Waals surface area contributed by atoms with Crippen LogP contribution in [0, 0.1) is 6.92 Å². The summed E-state index contributed by atoms with van der Waals surface area (Å²) in [5, 5.41) is 2.79. The van der Waals surface area contributed by atoms with E-state index in [2.05, 4.69) is 32.1 Å². The number of rotatable bonds is 6. The SMILES string of the molecule is Cc1cc(C(=O)N2CCN(C)CC2)ccc1NC(=O)OSN1CCc2c(-c3cnc(N)nc3)nc(N3CCOCC3)nc21. The van der Waals surface area contributed by atoms with Crippen LogP contribution in [0.3, 0.4) is 0 Å². The maximum atomic E-state index is 13.0. The monoisotopic (exact) mass is 606 g/mol. The summed E-state index contributed by atoms with van der Waals surface area (Å²) in [6.45, 7) is 8.05. The lowest BCUT2D eigenvalue weighted by Crippen LogP contribution is -2.47. The second-order valence-corrected chi connectivity index (χ2v) is 11.4. The van der Waals surface area contributed by atoms with Crippen molar-refractivity contribution in [1.29, 1.82) is 0 Å². The third-order valence-electron chi connectivity index (χ3n) is 7.72. The number of hydrogen-bond donors (Lipinski definition) is 2. The number of nitrogens with one attached hydrogen (secondary N) is 1. The number of hydrogen-bond acceptors (Lipinski definition) is 13. The molecule has 3 aliphatic rings. The number of nitrogen functional groups attached to an aromatic ring is 1. The number of nitrogens with zero attached hydrogens (tertiary/aromatic N) is 8. The van der Waals surface area contributed by atoms with Gasteiger partial charge in [0.15, 0.2) is 18.0 Å². The molecule has 0 atom stereocenters. The molecule has 1 aromatic carbocycles. The summed E-state index contributed by atoms with van der Waals surface area (Å²) in [5.41, 5.74) is 10.0. The van der Waals surface area contributed by atoms with Crippen LogP contribution in [0.15, 0.2) is 30.6 Å². The highest BCUT2D eigenvalue weighted by Crippen LogP contribution is 2.38. The number of benzene rings is 1. The van der Waals surface area contributed by atoms with E-state index in [0.29, 0.717) is 75.4 Å². The number of carbonyl (C=O) groups is 2. The number of piperazine rings is 1. The van der Waals surface area contributed by atoms with Crippen molar-refractivity contribution >= 4 is 47.6 Å². The molecule has 0 saturated carbocycles. The van der Waals surface area contributed by atoms with Crippen molar-refractivity contribution in [1.82, 2.24) is 29.7 Å². The van der Waals surface area contributed by atoms with E-state index in [4.69, 9.17) is 24.6 Å². The number of aryl methyl sites for hydroxylation is 1. The Balaban J connectivity index is 1.14. The van der Waals surface area contributed by atoms with Crippen molar-refractivity contribution in [2.45, 2.75) is 13.3 Å². The van der Waals surface area contributed by atoms with Crippen LogP contribution in [-0.4, -0.2) is 108 Å². The van der Waals surface area contributed by atoms with Crippen LogP contribution >= 0.6 is 12.2 Å². The fourth-order valence-corrected chi connectivity index (χ4v) is 5.82. The number of anilines is 4. The lowest BCUT2D eigenvalue weighted by molar-refractivity contribution is 0.0664. The summed E-state index contributed by atoms with van der Waals surface area (Å²) in [6.07, 6.45) is 3.33. The van der Waals surface area contributed by atoms with Crippen molar-refractivity contribution < 1.29 is 18.5 Å². The van der Waals surface area contributed by atoms with Gasteiger partial charge in [-0.2, -0.15) is 4.98 Å². The van der Waals surface area contributed by atoms with Crippen molar-refractivity contribution in [3.8, 4) is 11.3 Å². The highest BCUT2D eigenvalue weighted by molar-refractivity contribution is 7.96. The predicted molar refractivity (Wildman–Crippen MR) is 164 cm³/mol. The zero-order chi connectivity index (χ0) is 29.9. The molecule has 6 rings (SSSR count). The fourth-order valence-electron chi connectivity index (χ4n) is 5.23. The van der Waals surface area contributed by atoms with Crippen molar-refractivity contribution in [2.75, 3.05) is 86.3 Å². The number of aromatic nitrogens is 4. The molecular formula is C28H34N10O4S. The molecule has 3 N–H and O–H groups in total. The molecule has 3 aromatic rings. The van der Waals surface area contributed by atoms with Crippen molar-refractivity contribution in [3.05, 3.63) is 47.3 Å². The van der Waals surface area contributed by atoms with E-state index >= 15 is 0 Å². The van der Waals surface area contributed by atoms with Gasteiger partial charge in [0.25, 0.3) is 5.91 Å². The van der Waals surface area contributed by atoms with Crippen molar-refractivity contribution in [2.24, 2.45) is 0 Å². The minimum absolute atomic E-state index is 0.00285. The summed E-state index contributed by atoms with van der Waals surface area (Å²) in [7, 11) is 2.05. The van der Waals surface area contributed by atoms with E-state index in [0.717, 1.165) is 47.7 Å². The van der Waals surface area contributed by atoms with Gasteiger partial charge in [0.2, 0.25) is 11.9 Å². The largest absolute Gasteiger partial charge is 0.425 e. The maximum absolute atomic E-state index is 13.0. The molecule has 2 aromatic heterocycles. The van der Waals surface area contributed by atoms with Crippen LogP contribution in [-0.2, 0) is 15.3 Å². The molecule has 0 unspecified atom stereocenters. The van der Waals surface area contributed by atoms with Gasteiger partial charge in [-0.05, 0) is 44.2 Å². The number of nitrogens with two attached hydrogens (primary N) is 1. The summed E-state index contributed by atoms with van der Waals surface area (Å²) < 4.78 is 12.9. The van der Waals surface area contributed by atoms with E-state index in [1.54, 1.807) is 30.6 Å². The third kappa shape index (κ3) is 6.43. The Bertz CT molecular complexity index is 1490. The van der Waals surface area contributed by atoms with E-state index in [9.17, 15) is 9.59 Å². The first kappa shape index (κ1) is 28.9. The third-order valence-corrected chi connectivity index (χ3v) is 8.48. The lowest BCUT2D eigenvalue weighted by Gasteiger charge is -2.32. The highest BCUT2D eigenvalue weighted by atomic mass is 32.2. The average Bonchev–Trinajstić information content (AvgIpc) is 3.44. The van der Waals surface area contributed by atoms with E-state index in [1.807, 2.05) is 16.1 Å². The fraction of sp³-hybridized carbons (Fsp3) is 0.429. The molecule has 0 bridgehead atoms. The first-order valence-corrected chi connectivity index (χ1v) is 14.9. The van der Waals surface area contributed by atoms with Gasteiger partial charge in [0.1, 0.15) is 0 Å². The zero-order valence-electron chi connectivity index (χ0n) is 24.2. The van der Waals surface area contributed by atoms with Gasteiger partial charge in [-0.25, -0.2) is 19.7 Å². The minimum Gasteiger partial charge on any atom is -0.378 e. The molecule has 3 aliphatic heterocycles. The van der Waals surface area contributed by atoms with Crippen LogP contribution in [0.2, 0.25) is 0 Å². The van der Waals surface area contributed by atoms with Gasteiger partial charge in [-0.15, -0.1) is 0 Å². The average molecular weight is 607 g/mol. The topological polar surface area (TPSA) is 155 Å². The molecule has 0 radical (unpaired) electrons. The second-order valence-electron chi connectivity index (χ2n) is 10.7. The van der Waals surface area contributed by atoms with E-state index in [-0.39, 0.29) is 11.9 Å². The standard InChI is InChI=1S/C28H34N10O4S/c1-18-15-19(25(39)36-9-7-35(2)8-10-36)3-4-22(18)32-28(40)42-43-38-6-5-21-23(20-16-30-26(29)31-17-20)33-27(34-24(21)38)37-11-13-41-14-12-37/h3-4,15-17H,5-14H2,1-2H3,(H,32,40)(H2,29,30,31). The first-order valence-electron chi connectivity index (χ1n) is 14.2. The summed E-state index contributed by atoms with van der Waals surface area (Å²) in [6, 6.07) is 5.27. The van der Waals surface area contributed by atoms with Crippen LogP contribution in [0.4, 0.5) is 28.2 Å². The molecular weight excluding hydrogens is 572 g/mol. The molecule has 5 heterocycles. The Kier molecular flexibility index (Phi) is 8.44. The van der Waals surface area contributed by atoms with E-state index < -0.39 is 6.09 Å². The van der Waals surface area contributed by atoms with Gasteiger partial charge in [-0.3, -0.25) is 14.4 Å². The predicted octanol–water partition coefficient (Wildman–Crippen LogP) is 2.22. The van der Waals surface area contributed by atoms with Gasteiger partial charge >= 0.3 is 6.09 Å². The number of amides is 2. The number of carbonyl (C=O) groups excluding carboxylic acids is 2. The summed E-state index contributed by atoms with van der Waals surface area (Å²) >= 11 is 0.920. The quantitative estimate of drug-likeness (QED) is 0.311. The molecule has 15 heteroatoms. The first-order chi connectivity index (χ1) is 20.9. The Morgan fingerprint density at radius 3 is 2.49 bits per heavy atom. The number of fused-ring (bicyclic) bond motifs is 1. The van der Waals surface area contributed by atoms with Gasteiger partial charge in [-0.1, -0.05) is 0 Å². The Morgan fingerprint density at radius 2 is 1.77 bits per heavy atom. The number of ether oxygens (including phenoxy) is 1. The molecule has 2 fully saturated rings. The van der Waals surface area contributed by atoms with Crippen LogP contribution in [0.25, 0.3) is 11.3 Å². The number of morpholine rings is 1. The van der Waals surface area contributed by atoms with Gasteiger partial charge in [0.05, 0.1) is 18.9 Å². The Labute approximate surface area is 253 Å². The molecule has 226 valence electrons. The Hall–Kier alpha value is -4.21. The number of likely N-dealkylation sites (N-methyl/N-ethyl adjacent to an activating group) is 1. The zero-order valence-corrected chi connectivity index (χ0v) is 25.0. The smallest absolute Gasteiger partial charge is 0.378 e. The minimum atomic E-state index is -0.630. The van der Waals surface area contributed by atoms with Gasteiger partial charge in [0, 0.05) is 80.6 Å². The van der Waals surface area contributed by atoms with Gasteiger partial charge < -0.3 is 29.4 Å². The maximum Gasteiger partial charge on any atom is 0.425 e. The molecule has 0 spiro atoms. The molecule has 14 nitrogen and oxygen atoms in total. The van der Waals surface area contributed by atoms with Crippen molar-refractivity contribution in [3.63, 3.8) is 0 Å². The normalized spacial score (nSPS) is 17.1. The van der Waals surface area contributed by atoms with E-state index in [1.165, 1.54) is 0 Å². The Morgan fingerprint density at radius 1 is 1.02 bits per heavy atom. The summed E-state index contributed by atoms with van der Waals surface area (Å²) in [4.78, 5) is 49.9. The molecule has 2 amide bonds. The highest BCUT2D eigenvalue weighted by Gasteiger charge is 2.30. The molecule has 0 aliphatic carbocycles.